The fraction of sp³-hybridized carbons (Fsp3) is 0.0312. The molecule has 5 aromatic carbocycles. The van der Waals surface area contributed by atoms with Gasteiger partial charge in [-0.25, -0.2) is 5.43 Å². The van der Waals surface area contributed by atoms with E-state index >= 15 is 0 Å². The van der Waals surface area contributed by atoms with Gasteiger partial charge in [0.25, 0.3) is 5.91 Å². The number of nitrogens with zero attached hydrogens (tertiary/aromatic N) is 2. The van der Waals surface area contributed by atoms with Gasteiger partial charge in [0.05, 0.1) is 17.2 Å². The minimum absolute atomic E-state index is 0.0248. The molecule has 0 aliphatic heterocycles. The zero-order valence-electron chi connectivity index (χ0n) is 21.6. The first kappa shape index (κ1) is 26.0. The van der Waals surface area contributed by atoms with Crippen molar-refractivity contribution in [3.8, 4) is 5.75 Å². The molecule has 0 saturated heterocycles. The Bertz CT molecular complexity index is 2090. The Morgan fingerprint density at radius 1 is 0.780 bits per heavy atom. The molecule has 0 unspecified atom stereocenters. The number of carbonyl (C=O) groups excluding carboxylic acids is 1. The van der Waals surface area contributed by atoms with Crippen LogP contribution in [0.5, 0.6) is 5.75 Å². The summed E-state index contributed by atoms with van der Waals surface area (Å²) >= 11 is 0. The van der Waals surface area contributed by atoms with Crippen LogP contribution in [0.1, 0.15) is 5.56 Å². The third-order valence-electron chi connectivity index (χ3n) is 6.70. The number of aromatic nitrogens is 1. The first-order chi connectivity index (χ1) is 19.9. The minimum atomic E-state index is -4.13. The highest BCUT2D eigenvalue weighted by Crippen LogP contribution is 2.25. The Balaban J connectivity index is 1.22. The van der Waals surface area contributed by atoms with Crippen molar-refractivity contribution in [3.05, 3.63) is 131 Å². The highest BCUT2D eigenvalue weighted by Gasteiger charge is 2.19. The lowest BCUT2D eigenvalue weighted by Gasteiger charge is -2.14. The van der Waals surface area contributed by atoms with Crippen LogP contribution in [-0.2, 0) is 21.5 Å². The maximum Gasteiger partial charge on any atom is 0.339 e. The van der Waals surface area contributed by atoms with Crippen molar-refractivity contribution in [2.75, 3.05) is 0 Å². The van der Waals surface area contributed by atoms with Gasteiger partial charge in [0.2, 0.25) is 0 Å². The van der Waals surface area contributed by atoms with Crippen LogP contribution in [0, 0.1) is 0 Å². The number of hydrogen-bond acceptors (Lipinski definition) is 6. The summed E-state index contributed by atoms with van der Waals surface area (Å²) < 4.78 is 33.4. The number of pyridine rings is 1. The van der Waals surface area contributed by atoms with E-state index < -0.39 is 16.0 Å². The quantitative estimate of drug-likeness (QED) is 0.124. The number of hydrazone groups is 1. The summed E-state index contributed by atoms with van der Waals surface area (Å²) in [5.41, 5.74) is 4.02. The van der Waals surface area contributed by atoms with Gasteiger partial charge in [0.1, 0.15) is 11.4 Å². The lowest BCUT2D eigenvalue weighted by molar-refractivity contribution is -0.121. The maximum absolute atomic E-state index is 13.1. The molecule has 0 fully saturated rings. The van der Waals surface area contributed by atoms with Crippen LogP contribution in [0.25, 0.3) is 32.6 Å². The first-order valence-electron chi connectivity index (χ1n) is 12.8. The molecule has 41 heavy (non-hydrogen) atoms. The molecule has 1 aromatic heterocycles. The van der Waals surface area contributed by atoms with Crippen LogP contribution in [0.3, 0.4) is 0 Å². The minimum Gasteiger partial charge on any atom is -0.378 e. The monoisotopic (exact) mass is 561 g/mol. The molecule has 1 amide bonds. The molecule has 0 aliphatic rings. The number of para-hydroxylation sites is 3. The average molecular weight is 562 g/mol. The average Bonchev–Trinajstić information content (AvgIpc) is 3.00. The van der Waals surface area contributed by atoms with Crippen LogP contribution in [0.15, 0.2) is 130 Å². The number of rotatable bonds is 7. The Morgan fingerprint density at radius 2 is 1.39 bits per heavy atom. The van der Waals surface area contributed by atoms with Crippen molar-refractivity contribution in [2.24, 2.45) is 5.10 Å². The molecule has 9 heteroatoms. The fourth-order valence-electron chi connectivity index (χ4n) is 4.75. The molecule has 0 bridgehead atoms. The van der Waals surface area contributed by atoms with Gasteiger partial charge >= 0.3 is 10.1 Å². The second-order valence-electron chi connectivity index (χ2n) is 9.33. The molecule has 0 spiro atoms. The molecule has 0 radical (unpaired) electrons. The normalized spacial score (nSPS) is 11.8. The number of amides is 1. The van der Waals surface area contributed by atoms with Crippen LogP contribution >= 0.6 is 0 Å². The molecular formula is C32H23N3O5S. The zero-order valence-corrected chi connectivity index (χ0v) is 22.4. The number of benzene rings is 5. The molecule has 0 atom stereocenters. The molecule has 8 nitrogen and oxygen atoms in total. The van der Waals surface area contributed by atoms with Gasteiger partial charge in [0, 0.05) is 16.3 Å². The molecule has 6 rings (SSSR count). The molecule has 0 saturated carbocycles. The molecular weight excluding hydrogens is 538 g/mol. The Kier molecular flexibility index (Phi) is 6.78. The van der Waals surface area contributed by atoms with Crippen molar-refractivity contribution in [1.29, 1.82) is 0 Å². The Morgan fingerprint density at radius 3 is 2.12 bits per heavy atom. The second-order valence-corrected chi connectivity index (χ2v) is 10.9. The van der Waals surface area contributed by atoms with E-state index in [4.69, 9.17) is 4.18 Å². The van der Waals surface area contributed by atoms with E-state index in [1.165, 1.54) is 18.3 Å². The zero-order chi connectivity index (χ0) is 28.4. The van der Waals surface area contributed by atoms with Crippen LogP contribution in [0.2, 0.25) is 0 Å². The van der Waals surface area contributed by atoms with Crippen LogP contribution < -0.4 is 15.0 Å². The van der Waals surface area contributed by atoms with Gasteiger partial charge in [-0.05, 0) is 59.3 Å². The summed E-state index contributed by atoms with van der Waals surface area (Å²) in [6, 6.07) is 33.0. The van der Waals surface area contributed by atoms with Gasteiger partial charge in [-0.1, -0.05) is 66.7 Å². The van der Waals surface area contributed by atoms with E-state index in [0.29, 0.717) is 27.4 Å². The number of fused-ring (bicyclic) bond motifs is 3. The summed E-state index contributed by atoms with van der Waals surface area (Å²) in [6.45, 7) is -0.0901. The summed E-state index contributed by atoms with van der Waals surface area (Å²) in [5, 5.41) is 6.77. The highest BCUT2D eigenvalue weighted by molar-refractivity contribution is 7.87. The molecule has 202 valence electrons. The van der Waals surface area contributed by atoms with Crippen molar-refractivity contribution in [2.45, 2.75) is 11.4 Å². The first-order valence-corrected chi connectivity index (χ1v) is 14.2. The summed E-state index contributed by atoms with van der Waals surface area (Å²) in [6.07, 6.45) is 1.32. The maximum atomic E-state index is 13.1. The standard InChI is InChI=1S/C32H23N3O5S/c36-31(21-35-28-14-6-4-12-26(28)32(37)27-13-5-7-15-29(27)35)34-33-20-24-11-3-8-16-30(24)40-41(38,39)25-18-17-22-9-1-2-10-23(22)19-25/h1-20H,21H2,(H,34,36)/b33-20-. The van der Waals surface area contributed by atoms with E-state index in [-0.39, 0.29) is 22.6 Å². The predicted molar refractivity (Wildman–Crippen MR) is 160 cm³/mol. The van der Waals surface area contributed by atoms with Gasteiger partial charge in [-0.15, -0.1) is 0 Å². The third-order valence-corrected chi connectivity index (χ3v) is 7.93. The molecule has 0 aliphatic carbocycles. The van der Waals surface area contributed by atoms with Gasteiger partial charge < -0.3 is 8.75 Å². The van der Waals surface area contributed by atoms with Crippen molar-refractivity contribution >= 4 is 54.8 Å². The third kappa shape index (κ3) is 5.18. The predicted octanol–water partition coefficient (Wildman–Crippen LogP) is 5.23. The largest absolute Gasteiger partial charge is 0.378 e. The van der Waals surface area contributed by atoms with Crippen molar-refractivity contribution in [3.63, 3.8) is 0 Å². The molecule has 6 aromatic rings. The van der Waals surface area contributed by atoms with E-state index in [2.05, 4.69) is 10.5 Å². The Labute approximate surface area is 235 Å². The van der Waals surface area contributed by atoms with Crippen LogP contribution in [-0.4, -0.2) is 25.1 Å². The lowest BCUT2D eigenvalue weighted by atomic mass is 10.1. The lowest BCUT2D eigenvalue weighted by Crippen LogP contribution is -2.25. The topological polar surface area (TPSA) is 107 Å². The van der Waals surface area contributed by atoms with Gasteiger partial charge in [-0.3, -0.25) is 9.59 Å². The van der Waals surface area contributed by atoms with E-state index in [1.54, 1.807) is 71.3 Å². The SMILES string of the molecule is O=C(Cn1c2ccccc2c(=O)c2ccccc21)N/N=C\c1ccccc1OS(=O)(=O)c1ccc2ccccc2c1. The highest BCUT2D eigenvalue weighted by atomic mass is 32.2. The van der Waals surface area contributed by atoms with Gasteiger partial charge in [-0.2, -0.15) is 13.5 Å². The summed E-state index contributed by atoms with van der Waals surface area (Å²) in [5.74, 6) is -0.363. The van der Waals surface area contributed by atoms with Gasteiger partial charge in [0.15, 0.2) is 11.2 Å². The Hall–Kier alpha value is -5.28. The smallest absolute Gasteiger partial charge is 0.339 e. The number of hydrogen-bond donors (Lipinski definition) is 1. The van der Waals surface area contributed by atoms with E-state index in [1.807, 2.05) is 36.4 Å². The van der Waals surface area contributed by atoms with Crippen molar-refractivity contribution < 1.29 is 17.4 Å². The van der Waals surface area contributed by atoms with E-state index in [0.717, 1.165) is 10.8 Å². The molecule has 1 N–H and O–H groups in total. The fourth-order valence-corrected chi connectivity index (χ4v) is 5.74. The molecule has 1 heterocycles. The number of carbonyl (C=O) groups is 1. The summed E-state index contributed by atoms with van der Waals surface area (Å²) in [7, 11) is -4.13. The summed E-state index contributed by atoms with van der Waals surface area (Å²) in [4.78, 5) is 25.9. The second kappa shape index (κ2) is 10.7. The number of nitrogens with one attached hydrogen (secondary N) is 1. The van der Waals surface area contributed by atoms with Crippen LogP contribution in [0.4, 0.5) is 0 Å². The van der Waals surface area contributed by atoms with E-state index in [9.17, 15) is 18.0 Å². The van der Waals surface area contributed by atoms with Crippen molar-refractivity contribution in [1.82, 2.24) is 9.99 Å².